The quantitative estimate of drug-likeness (QED) is 0.494. The lowest BCUT2D eigenvalue weighted by atomic mass is 10.1. The molecule has 34 heavy (non-hydrogen) atoms. The Balaban J connectivity index is 2.50. The minimum atomic E-state index is -3.87. The molecule has 0 aromatic heterocycles. The van der Waals surface area contributed by atoms with Crippen LogP contribution in [0.2, 0.25) is 15.1 Å². The summed E-state index contributed by atoms with van der Waals surface area (Å²) in [5.74, 6) is -0.997. The van der Waals surface area contributed by atoms with Gasteiger partial charge in [0.1, 0.15) is 12.6 Å². The Kier molecular flexibility index (Phi) is 9.65. The van der Waals surface area contributed by atoms with E-state index in [0.717, 1.165) is 10.6 Å². The van der Waals surface area contributed by atoms with Gasteiger partial charge in [0.2, 0.25) is 21.8 Å². The van der Waals surface area contributed by atoms with Crippen LogP contribution >= 0.6 is 34.8 Å². The van der Waals surface area contributed by atoms with Crippen molar-refractivity contribution in [3.63, 3.8) is 0 Å². The second kappa shape index (κ2) is 11.6. The first-order valence-corrected chi connectivity index (χ1v) is 13.5. The van der Waals surface area contributed by atoms with Gasteiger partial charge in [-0.2, -0.15) is 0 Å². The van der Waals surface area contributed by atoms with E-state index in [1.807, 2.05) is 0 Å². The Hall–Kier alpha value is -2.00. The van der Waals surface area contributed by atoms with Crippen LogP contribution in [-0.2, 0) is 26.2 Å². The molecular weight excluding hydrogens is 521 g/mol. The van der Waals surface area contributed by atoms with E-state index < -0.39 is 34.4 Å². The lowest BCUT2D eigenvalue weighted by Crippen LogP contribution is -2.52. The van der Waals surface area contributed by atoms with E-state index in [-0.39, 0.29) is 18.3 Å². The third kappa shape index (κ3) is 7.25. The lowest BCUT2D eigenvalue weighted by molar-refractivity contribution is -0.139. The van der Waals surface area contributed by atoms with E-state index in [1.165, 1.54) is 11.0 Å². The molecule has 2 aromatic rings. The molecule has 1 unspecified atom stereocenters. The minimum absolute atomic E-state index is 0.0872. The fourth-order valence-corrected chi connectivity index (χ4v) is 4.87. The number of aryl methyl sites for hydroxylation is 1. The molecule has 0 fully saturated rings. The second-order valence-corrected chi connectivity index (χ2v) is 11.4. The first kappa shape index (κ1) is 28.2. The largest absolute Gasteiger partial charge is 0.352 e. The van der Waals surface area contributed by atoms with Crippen molar-refractivity contribution >= 4 is 62.3 Å². The molecule has 0 aliphatic carbocycles. The zero-order chi connectivity index (χ0) is 25.8. The maximum atomic E-state index is 13.5. The van der Waals surface area contributed by atoms with Crippen LogP contribution in [0.25, 0.3) is 0 Å². The summed E-state index contributed by atoms with van der Waals surface area (Å²) in [6.45, 7) is 6.26. The molecule has 1 N–H and O–H groups in total. The van der Waals surface area contributed by atoms with E-state index in [9.17, 15) is 18.0 Å². The zero-order valence-electron chi connectivity index (χ0n) is 19.6. The molecule has 2 rings (SSSR count). The Morgan fingerprint density at radius 1 is 1.03 bits per heavy atom. The van der Waals surface area contributed by atoms with Crippen LogP contribution < -0.4 is 9.62 Å². The van der Waals surface area contributed by atoms with Gasteiger partial charge in [0, 0.05) is 33.2 Å². The third-order valence-electron chi connectivity index (χ3n) is 5.11. The van der Waals surface area contributed by atoms with Gasteiger partial charge < -0.3 is 10.2 Å². The molecule has 186 valence electrons. The highest BCUT2D eigenvalue weighted by Crippen LogP contribution is 2.29. The van der Waals surface area contributed by atoms with Crippen molar-refractivity contribution in [2.24, 2.45) is 0 Å². The van der Waals surface area contributed by atoms with Crippen molar-refractivity contribution in [2.75, 3.05) is 17.1 Å². The van der Waals surface area contributed by atoms with Gasteiger partial charge in [0.15, 0.2) is 0 Å². The number of sulfonamides is 1. The molecule has 2 amide bonds. The Bertz CT molecular complexity index is 1150. The van der Waals surface area contributed by atoms with Crippen LogP contribution in [0, 0.1) is 6.92 Å². The van der Waals surface area contributed by atoms with Crippen LogP contribution in [-0.4, -0.2) is 50.0 Å². The molecular formula is C23H28Cl3N3O4S. The minimum Gasteiger partial charge on any atom is -0.352 e. The van der Waals surface area contributed by atoms with Crippen LogP contribution in [0.3, 0.4) is 0 Å². The average Bonchev–Trinajstić information content (AvgIpc) is 2.72. The van der Waals surface area contributed by atoms with Gasteiger partial charge in [-0.3, -0.25) is 13.9 Å². The van der Waals surface area contributed by atoms with Crippen molar-refractivity contribution in [3.05, 3.63) is 62.6 Å². The summed E-state index contributed by atoms with van der Waals surface area (Å²) >= 11 is 18.7. The summed E-state index contributed by atoms with van der Waals surface area (Å²) < 4.78 is 26.3. The first-order valence-electron chi connectivity index (χ1n) is 10.5. The topological polar surface area (TPSA) is 86.8 Å². The van der Waals surface area contributed by atoms with Gasteiger partial charge in [0.05, 0.1) is 11.9 Å². The molecule has 0 radical (unpaired) electrons. The first-order chi connectivity index (χ1) is 15.7. The number of benzene rings is 2. The van der Waals surface area contributed by atoms with Crippen LogP contribution in [0.15, 0.2) is 36.4 Å². The van der Waals surface area contributed by atoms with E-state index in [0.29, 0.717) is 26.2 Å². The standard InChI is InChI=1S/C23H28Cl3N3O4S/c1-14(2)27-23(31)16(4)28(12-18-19(25)7-6-8-20(18)26)22(30)13-29(34(5,32)33)21-11-17(24)10-9-15(21)3/h6-11,14,16H,12-13H2,1-5H3,(H,27,31). The number of carbonyl (C=O) groups excluding carboxylic acids is 2. The lowest BCUT2D eigenvalue weighted by Gasteiger charge is -2.32. The van der Waals surface area contributed by atoms with Crippen LogP contribution in [0.1, 0.15) is 31.9 Å². The summed E-state index contributed by atoms with van der Waals surface area (Å²) in [5.41, 5.74) is 1.35. The average molecular weight is 549 g/mol. The number of hydrogen-bond acceptors (Lipinski definition) is 4. The van der Waals surface area contributed by atoms with Gasteiger partial charge in [-0.05, 0) is 57.5 Å². The molecule has 0 spiro atoms. The number of hydrogen-bond donors (Lipinski definition) is 1. The van der Waals surface area contributed by atoms with E-state index in [2.05, 4.69) is 5.32 Å². The summed E-state index contributed by atoms with van der Waals surface area (Å²) in [5, 5.41) is 3.75. The highest BCUT2D eigenvalue weighted by molar-refractivity contribution is 7.92. The maximum absolute atomic E-state index is 13.5. The summed E-state index contributed by atoms with van der Waals surface area (Å²) in [4.78, 5) is 27.6. The number of carbonyl (C=O) groups is 2. The SMILES string of the molecule is Cc1ccc(Cl)cc1N(CC(=O)N(Cc1c(Cl)cccc1Cl)C(C)C(=O)NC(C)C)S(C)(=O)=O. The smallest absolute Gasteiger partial charge is 0.244 e. The van der Waals surface area contributed by atoms with Crippen molar-refractivity contribution in [2.45, 2.75) is 46.3 Å². The van der Waals surface area contributed by atoms with E-state index in [4.69, 9.17) is 34.8 Å². The number of anilines is 1. The molecule has 2 aromatic carbocycles. The van der Waals surface area contributed by atoms with E-state index in [1.54, 1.807) is 58.0 Å². The highest BCUT2D eigenvalue weighted by Gasteiger charge is 2.31. The molecule has 0 aliphatic rings. The summed E-state index contributed by atoms with van der Waals surface area (Å²) in [6, 6.07) is 8.62. The molecule has 0 heterocycles. The Labute approximate surface area is 216 Å². The van der Waals surface area contributed by atoms with Gasteiger partial charge in [-0.1, -0.05) is 46.9 Å². The maximum Gasteiger partial charge on any atom is 0.244 e. The second-order valence-electron chi connectivity index (χ2n) is 8.26. The molecule has 7 nitrogen and oxygen atoms in total. The van der Waals surface area contributed by atoms with Crippen molar-refractivity contribution in [3.8, 4) is 0 Å². The zero-order valence-corrected chi connectivity index (χ0v) is 22.7. The fourth-order valence-electron chi connectivity index (χ4n) is 3.29. The summed E-state index contributed by atoms with van der Waals surface area (Å²) in [7, 11) is -3.87. The van der Waals surface area contributed by atoms with Crippen molar-refractivity contribution in [1.82, 2.24) is 10.2 Å². The highest BCUT2D eigenvalue weighted by atomic mass is 35.5. The predicted molar refractivity (Wildman–Crippen MR) is 138 cm³/mol. The van der Waals surface area contributed by atoms with Gasteiger partial charge in [0.25, 0.3) is 0 Å². The van der Waals surface area contributed by atoms with Gasteiger partial charge in [-0.15, -0.1) is 0 Å². The molecule has 0 saturated heterocycles. The Morgan fingerprint density at radius 3 is 2.15 bits per heavy atom. The normalized spacial score (nSPS) is 12.4. The summed E-state index contributed by atoms with van der Waals surface area (Å²) in [6.07, 6.45) is 1.00. The van der Waals surface area contributed by atoms with Crippen LogP contribution in [0.4, 0.5) is 5.69 Å². The monoisotopic (exact) mass is 547 g/mol. The van der Waals surface area contributed by atoms with Gasteiger partial charge in [-0.25, -0.2) is 8.42 Å². The molecule has 11 heteroatoms. The molecule has 0 bridgehead atoms. The number of rotatable bonds is 9. The Morgan fingerprint density at radius 2 is 1.62 bits per heavy atom. The van der Waals surface area contributed by atoms with E-state index >= 15 is 0 Å². The van der Waals surface area contributed by atoms with Crippen LogP contribution in [0.5, 0.6) is 0 Å². The fraction of sp³-hybridized carbons (Fsp3) is 0.391. The molecule has 1 atom stereocenters. The number of nitrogens with one attached hydrogen (secondary N) is 1. The number of halogens is 3. The number of nitrogens with zero attached hydrogens (tertiary/aromatic N) is 2. The molecule has 0 saturated carbocycles. The number of amides is 2. The van der Waals surface area contributed by atoms with Gasteiger partial charge >= 0.3 is 0 Å². The predicted octanol–water partition coefficient (Wildman–Crippen LogP) is 4.66. The molecule has 0 aliphatic heterocycles. The van der Waals surface area contributed by atoms with Crippen molar-refractivity contribution in [1.29, 1.82) is 0 Å². The van der Waals surface area contributed by atoms with Crippen molar-refractivity contribution < 1.29 is 18.0 Å². The third-order valence-corrected chi connectivity index (χ3v) is 7.18.